The van der Waals surface area contributed by atoms with Gasteiger partial charge in [-0.3, -0.25) is 14.5 Å². The zero-order chi connectivity index (χ0) is 15.9. The molecule has 1 heterocycles. The topological polar surface area (TPSA) is 101 Å². The summed E-state index contributed by atoms with van der Waals surface area (Å²) in [6, 6.07) is 7.32. The monoisotopic (exact) mass is 304 g/mol. The first kappa shape index (κ1) is 16.5. The molecular formula is C16H24N4O2. The van der Waals surface area contributed by atoms with E-state index in [1.807, 2.05) is 12.1 Å². The standard InChI is InChI=1S/C16H24N4O2/c17-7-8-19-16(22)14-2-1-9-20(11-14)10-12-3-5-13(6-4-12)15(18)21/h3-6,14H,1-2,7-11,17H2,(H2,18,21)(H,19,22). The molecule has 2 rings (SSSR count). The lowest BCUT2D eigenvalue weighted by Gasteiger charge is -2.32. The number of carbonyl (C=O) groups is 2. The summed E-state index contributed by atoms with van der Waals surface area (Å²) in [4.78, 5) is 25.4. The third-order valence-corrected chi connectivity index (χ3v) is 3.96. The predicted octanol–water partition coefficient (Wildman–Crippen LogP) is 0.0724. The number of hydrogen-bond acceptors (Lipinski definition) is 4. The van der Waals surface area contributed by atoms with Gasteiger partial charge in [0, 0.05) is 31.7 Å². The predicted molar refractivity (Wildman–Crippen MR) is 85.0 cm³/mol. The highest BCUT2D eigenvalue weighted by Gasteiger charge is 2.25. The largest absolute Gasteiger partial charge is 0.366 e. The summed E-state index contributed by atoms with van der Waals surface area (Å²) in [7, 11) is 0. The Morgan fingerprint density at radius 3 is 2.64 bits per heavy atom. The van der Waals surface area contributed by atoms with Gasteiger partial charge in [-0.2, -0.15) is 0 Å². The van der Waals surface area contributed by atoms with E-state index in [4.69, 9.17) is 11.5 Å². The second kappa shape index (κ2) is 7.91. The van der Waals surface area contributed by atoms with Crippen LogP contribution in [0.5, 0.6) is 0 Å². The molecule has 5 N–H and O–H groups in total. The first-order chi connectivity index (χ1) is 10.6. The van der Waals surface area contributed by atoms with E-state index in [2.05, 4.69) is 10.2 Å². The molecule has 6 nitrogen and oxygen atoms in total. The Hall–Kier alpha value is -1.92. The molecule has 2 amide bonds. The van der Waals surface area contributed by atoms with Crippen LogP contribution < -0.4 is 16.8 Å². The van der Waals surface area contributed by atoms with Crippen LogP contribution in [0.2, 0.25) is 0 Å². The molecule has 0 bridgehead atoms. The average Bonchev–Trinajstić information content (AvgIpc) is 2.53. The first-order valence-electron chi connectivity index (χ1n) is 7.69. The molecule has 22 heavy (non-hydrogen) atoms. The van der Waals surface area contributed by atoms with Crippen molar-refractivity contribution in [1.82, 2.24) is 10.2 Å². The van der Waals surface area contributed by atoms with Crippen LogP contribution in [-0.2, 0) is 11.3 Å². The maximum absolute atomic E-state index is 12.0. The van der Waals surface area contributed by atoms with Crippen molar-refractivity contribution >= 4 is 11.8 Å². The summed E-state index contributed by atoms with van der Waals surface area (Å²) >= 11 is 0. The lowest BCUT2D eigenvalue weighted by molar-refractivity contribution is -0.126. The maximum atomic E-state index is 12.0. The zero-order valence-corrected chi connectivity index (χ0v) is 12.8. The lowest BCUT2D eigenvalue weighted by Crippen LogP contribution is -2.43. The number of nitrogens with one attached hydrogen (secondary N) is 1. The van der Waals surface area contributed by atoms with Crippen LogP contribution in [0.15, 0.2) is 24.3 Å². The summed E-state index contributed by atoms with van der Waals surface area (Å²) in [6.07, 6.45) is 1.94. The number of nitrogens with two attached hydrogens (primary N) is 2. The van der Waals surface area contributed by atoms with Crippen LogP contribution in [0, 0.1) is 5.92 Å². The number of amides is 2. The van der Waals surface area contributed by atoms with E-state index < -0.39 is 5.91 Å². The number of nitrogens with zero attached hydrogens (tertiary/aromatic N) is 1. The third kappa shape index (κ3) is 4.54. The van der Waals surface area contributed by atoms with E-state index in [0.717, 1.165) is 38.0 Å². The van der Waals surface area contributed by atoms with Crippen LogP contribution >= 0.6 is 0 Å². The van der Waals surface area contributed by atoms with E-state index in [1.165, 1.54) is 0 Å². The number of piperidine rings is 1. The molecule has 1 aromatic rings. The van der Waals surface area contributed by atoms with Gasteiger partial charge in [0.2, 0.25) is 11.8 Å². The molecule has 6 heteroatoms. The Kier molecular flexibility index (Phi) is 5.91. The van der Waals surface area contributed by atoms with Gasteiger partial charge < -0.3 is 16.8 Å². The van der Waals surface area contributed by atoms with E-state index in [9.17, 15) is 9.59 Å². The van der Waals surface area contributed by atoms with Crippen molar-refractivity contribution in [2.24, 2.45) is 17.4 Å². The Morgan fingerprint density at radius 1 is 1.27 bits per heavy atom. The van der Waals surface area contributed by atoms with Gasteiger partial charge in [-0.25, -0.2) is 0 Å². The van der Waals surface area contributed by atoms with Crippen molar-refractivity contribution in [3.05, 3.63) is 35.4 Å². The molecule has 0 aromatic heterocycles. The number of benzene rings is 1. The second-order valence-corrected chi connectivity index (χ2v) is 5.72. The molecule has 1 aliphatic rings. The SMILES string of the molecule is NCCNC(=O)C1CCCN(Cc2ccc(C(N)=O)cc2)C1. The van der Waals surface area contributed by atoms with Gasteiger partial charge in [0.05, 0.1) is 5.92 Å². The summed E-state index contributed by atoms with van der Waals surface area (Å²) < 4.78 is 0. The van der Waals surface area contributed by atoms with Crippen molar-refractivity contribution in [1.29, 1.82) is 0 Å². The van der Waals surface area contributed by atoms with E-state index in [-0.39, 0.29) is 11.8 Å². The van der Waals surface area contributed by atoms with Crippen molar-refractivity contribution in [3.63, 3.8) is 0 Å². The van der Waals surface area contributed by atoms with Gasteiger partial charge >= 0.3 is 0 Å². The lowest BCUT2D eigenvalue weighted by atomic mass is 9.96. The van der Waals surface area contributed by atoms with Gasteiger partial charge in [-0.1, -0.05) is 12.1 Å². The molecule has 1 fully saturated rings. The molecule has 0 aliphatic carbocycles. The Bertz CT molecular complexity index is 515. The molecule has 1 aliphatic heterocycles. The molecule has 1 saturated heterocycles. The fourth-order valence-electron chi connectivity index (χ4n) is 2.79. The molecule has 1 atom stereocenters. The van der Waals surface area contributed by atoms with Gasteiger partial charge in [0.15, 0.2) is 0 Å². The highest BCUT2D eigenvalue weighted by atomic mass is 16.2. The Balaban J connectivity index is 1.89. The van der Waals surface area contributed by atoms with Gasteiger partial charge in [-0.05, 0) is 37.1 Å². The number of carbonyl (C=O) groups excluding carboxylic acids is 2. The van der Waals surface area contributed by atoms with Crippen LogP contribution in [-0.4, -0.2) is 42.9 Å². The Labute approximate surface area is 130 Å². The van der Waals surface area contributed by atoms with Crippen LogP contribution in [0.25, 0.3) is 0 Å². The van der Waals surface area contributed by atoms with E-state index >= 15 is 0 Å². The number of likely N-dealkylation sites (tertiary alicyclic amines) is 1. The molecule has 1 aromatic carbocycles. The summed E-state index contributed by atoms with van der Waals surface area (Å²) in [6.45, 7) is 3.52. The van der Waals surface area contributed by atoms with E-state index in [0.29, 0.717) is 18.7 Å². The Morgan fingerprint density at radius 2 is 2.00 bits per heavy atom. The molecular weight excluding hydrogens is 280 g/mol. The number of rotatable bonds is 6. The molecule has 120 valence electrons. The van der Waals surface area contributed by atoms with Crippen molar-refractivity contribution in [2.75, 3.05) is 26.2 Å². The zero-order valence-electron chi connectivity index (χ0n) is 12.8. The van der Waals surface area contributed by atoms with E-state index in [1.54, 1.807) is 12.1 Å². The van der Waals surface area contributed by atoms with Crippen molar-refractivity contribution in [2.45, 2.75) is 19.4 Å². The van der Waals surface area contributed by atoms with Crippen LogP contribution in [0.1, 0.15) is 28.8 Å². The fraction of sp³-hybridized carbons (Fsp3) is 0.500. The molecule has 0 spiro atoms. The smallest absolute Gasteiger partial charge is 0.248 e. The van der Waals surface area contributed by atoms with Crippen molar-refractivity contribution < 1.29 is 9.59 Å². The molecule has 1 unspecified atom stereocenters. The quantitative estimate of drug-likeness (QED) is 0.692. The summed E-state index contributed by atoms with van der Waals surface area (Å²) in [5, 5.41) is 2.86. The summed E-state index contributed by atoms with van der Waals surface area (Å²) in [5.41, 5.74) is 12.3. The highest BCUT2D eigenvalue weighted by Crippen LogP contribution is 2.19. The van der Waals surface area contributed by atoms with Crippen molar-refractivity contribution in [3.8, 4) is 0 Å². The fourth-order valence-corrected chi connectivity index (χ4v) is 2.79. The minimum absolute atomic E-state index is 0.0326. The van der Waals surface area contributed by atoms with Gasteiger partial charge in [-0.15, -0.1) is 0 Å². The average molecular weight is 304 g/mol. The summed E-state index contributed by atoms with van der Waals surface area (Å²) in [5.74, 6) is -0.286. The second-order valence-electron chi connectivity index (χ2n) is 5.72. The highest BCUT2D eigenvalue weighted by molar-refractivity contribution is 5.92. The van der Waals surface area contributed by atoms with Crippen LogP contribution in [0.4, 0.5) is 0 Å². The minimum atomic E-state index is -0.416. The maximum Gasteiger partial charge on any atom is 0.248 e. The third-order valence-electron chi connectivity index (χ3n) is 3.96. The van der Waals surface area contributed by atoms with Gasteiger partial charge in [0.1, 0.15) is 0 Å². The number of hydrogen-bond donors (Lipinski definition) is 3. The molecule has 0 radical (unpaired) electrons. The number of primary amides is 1. The molecule has 0 saturated carbocycles. The first-order valence-corrected chi connectivity index (χ1v) is 7.69. The minimum Gasteiger partial charge on any atom is -0.366 e. The van der Waals surface area contributed by atoms with Gasteiger partial charge in [0.25, 0.3) is 0 Å². The van der Waals surface area contributed by atoms with Crippen LogP contribution in [0.3, 0.4) is 0 Å². The normalized spacial score (nSPS) is 18.9.